The van der Waals surface area contributed by atoms with Gasteiger partial charge in [-0.3, -0.25) is 0 Å². The minimum Gasteiger partial charge on any atom is -0.352 e. The topological polar surface area (TPSA) is 55.1 Å². The number of urea groups is 1. The smallest absolute Gasteiger partial charge is 0.312 e. The third kappa shape index (κ3) is 2.40. The highest BCUT2D eigenvalue weighted by molar-refractivity contribution is 5.72. The Morgan fingerprint density at radius 1 is 1.50 bits per heavy atom. The minimum atomic E-state index is -0.375. The van der Waals surface area contributed by atoms with Gasteiger partial charge in [0.15, 0.2) is 0 Å². The zero-order valence-electron chi connectivity index (χ0n) is 7.68. The molecule has 0 spiro atoms. The highest BCUT2D eigenvalue weighted by Crippen LogP contribution is 2.26. The Morgan fingerprint density at radius 3 is 2.75 bits per heavy atom. The lowest BCUT2D eigenvalue weighted by Gasteiger charge is -2.30. The number of hydrogen-bond donors (Lipinski definition) is 2. The van der Waals surface area contributed by atoms with Gasteiger partial charge >= 0.3 is 6.03 Å². The summed E-state index contributed by atoms with van der Waals surface area (Å²) in [4.78, 5) is 10.6. The van der Waals surface area contributed by atoms with Crippen LogP contribution in [0.15, 0.2) is 0 Å². The average molecular weight is 170 g/mol. The van der Waals surface area contributed by atoms with Crippen molar-refractivity contribution in [3.63, 3.8) is 0 Å². The standard InChI is InChI=1S/C9H18N2O/c1-2-7-5-3-4-6-8(7)11-9(10)12/h7-8H,2-6H2,1H3,(H3,10,11,12). The van der Waals surface area contributed by atoms with Gasteiger partial charge in [-0.05, 0) is 18.8 Å². The molecule has 0 saturated heterocycles. The molecule has 2 unspecified atom stereocenters. The molecule has 3 nitrogen and oxygen atoms in total. The summed E-state index contributed by atoms with van der Waals surface area (Å²) < 4.78 is 0. The van der Waals surface area contributed by atoms with E-state index in [-0.39, 0.29) is 6.03 Å². The molecule has 3 heteroatoms. The number of rotatable bonds is 2. The van der Waals surface area contributed by atoms with Crippen LogP contribution in [0.2, 0.25) is 0 Å². The predicted molar refractivity (Wildman–Crippen MR) is 48.8 cm³/mol. The first-order valence-electron chi connectivity index (χ1n) is 4.80. The molecule has 0 aromatic rings. The van der Waals surface area contributed by atoms with Crippen LogP contribution < -0.4 is 11.1 Å². The zero-order valence-corrected chi connectivity index (χ0v) is 7.68. The first-order valence-corrected chi connectivity index (χ1v) is 4.80. The number of carbonyl (C=O) groups excluding carboxylic acids is 1. The highest BCUT2D eigenvalue weighted by Gasteiger charge is 2.23. The van der Waals surface area contributed by atoms with Gasteiger partial charge in [0.25, 0.3) is 0 Å². The molecule has 1 saturated carbocycles. The molecule has 0 aromatic heterocycles. The number of carbonyl (C=O) groups is 1. The summed E-state index contributed by atoms with van der Waals surface area (Å²) in [6.45, 7) is 2.17. The van der Waals surface area contributed by atoms with Gasteiger partial charge in [0.2, 0.25) is 0 Å². The molecule has 2 amide bonds. The molecule has 1 aliphatic carbocycles. The fraction of sp³-hybridized carbons (Fsp3) is 0.889. The van der Waals surface area contributed by atoms with Crippen LogP contribution in [0, 0.1) is 5.92 Å². The van der Waals surface area contributed by atoms with Crippen LogP contribution in [-0.2, 0) is 0 Å². The quantitative estimate of drug-likeness (QED) is 0.650. The molecule has 0 aliphatic heterocycles. The summed E-state index contributed by atoms with van der Waals surface area (Å²) in [5, 5.41) is 2.82. The second kappa shape index (κ2) is 4.33. The molecule has 2 atom stereocenters. The van der Waals surface area contributed by atoms with Crippen LogP contribution >= 0.6 is 0 Å². The second-order valence-electron chi connectivity index (χ2n) is 3.57. The van der Waals surface area contributed by atoms with E-state index in [0.717, 1.165) is 12.8 Å². The van der Waals surface area contributed by atoms with E-state index >= 15 is 0 Å². The molecule has 1 fully saturated rings. The summed E-state index contributed by atoms with van der Waals surface area (Å²) >= 11 is 0. The summed E-state index contributed by atoms with van der Waals surface area (Å²) in [5.41, 5.74) is 5.09. The van der Waals surface area contributed by atoms with Crippen LogP contribution in [0.1, 0.15) is 39.0 Å². The van der Waals surface area contributed by atoms with Crippen molar-refractivity contribution < 1.29 is 4.79 Å². The van der Waals surface area contributed by atoms with E-state index in [1.165, 1.54) is 19.3 Å². The van der Waals surface area contributed by atoms with Crippen molar-refractivity contribution in [2.75, 3.05) is 0 Å². The van der Waals surface area contributed by atoms with Gasteiger partial charge in [-0.15, -0.1) is 0 Å². The highest BCUT2D eigenvalue weighted by atomic mass is 16.2. The van der Waals surface area contributed by atoms with Crippen LogP contribution in [0.5, 0.6) is 0 Å². The van der Waals surface area contributed by atoms with E-state index < -0.39 is 0 Å². The largest absolute Gasteiger partial charge is 0.352 e. The van der Waals surface area contributed by atoms with Crippen molar-refractivity contribution in [1.29, 1.82) is 0 Å². The third-order valence-electron chi connectivity index (χ3n) is 2.76. The molecule has 70 valence electrons. The van der Waals surface area contributed by atoms with Crippen LogP contribution in [0.25, 0.3) is 0 Å². The minimum absolute atomic E-state index is 0.334. The number of amides is 2. The Labute approximate surface area is 73.7 Å². The number of nitrogens with one attached hydrogen (secondary N) is 1. The van der Waals surface area contributed by atoms with Crippen molar-refractivity contribution in [2.24, 2.45) is 11.7 Å². The lowest BCUT2D eigenvalue weighted by Crippen LogP contribution is -2.44. The van der Waals surface area contributed by atoms with Gasteiger partial charge in [-0.2, -0.15) is 0 Å². The monoisotopic (exact) mass is 170 g/mol. The van der Waals surface area contributed by atoms with Crippen LogP contribution in [0.3, 0.4) is 0 Å². The van der Waals surface area contributed by atoms with E-state index in [1.807, 2.05) is 0 Å². The van der Waals surface area contributed by atoms with E-state index in [1.54, 1.807) is 0 Å². The maximum atomic E-state index is 10.6. The molecule has 3 N–H and O–H groups in total. The molecule has 0 radical (unpaired) electrons. The number of primary amides is 1. The van der Waals surface area contributed by atoms with Crippen molar-refractivity contribution in [3.05, 3.63) is 0 Å². The lowest BCUT2D eigenvalue weighted by molar-refractivity contribution is 0.223. The number of hydrogen-bond acceptors (Lipinski definition) is 1. The Balaban J connectivity index is 2.41. The molecule has 0 bridgehead atoms. The second-order valence-corrected chi connectivity index (χ2v) is 3.57. The van der Waals surface area contributed by atoms with Crippen molar-refractivity contribution in [1.82, 2.24) is 5.32 Å². The van der Waals surface area contributed by atoms with Gasteiger partial charge in [0.05, 0.1) is 0 Å². The van der Waals surface area contributed by atoms with E-state index in [9.17, 15) is 4.79 Å². The molecular formula is C9H18N2O. The average Bonchev–Trinajstić information content (AvgIpc) is 2.04. The van der Waals surface area contributed by atoms with Crippen molar-refractivity contribution in [3.8, 4) is 0 Å². The van der Waals surface area contributed by atoms with Gasteiger partial charge in [0, 0.05) is 6.04 Å². The molecule has 0 heterocycles. The fourth-order valence-corrected chi connectivity index (χ4v) is 2.07. The Bertz CT molecular complexity index is 159. The van der Waals surface area contributed by atoms with Gasteiger partial charge in [-0.1, -0.05) is 26.2 Å². The first-order chi connectivity index (χ1) is 5.74. The molecule has 0 aromatic carbocycles. The van der Waals surface area contributed by atoms with E-state index in [4.69, 9.17) is 5.73 Å². The van der Waals surface area contributed by atoms with E-state index in [2.05, 4.69) is 12.2 Å². The maximum Gasteiger partial charge on any atom is 0.312 e. The molecule has 1 aliphatic rings. The Hall–Kier alpha value is -0.730. The Kier molecular flexibility index (Phi) is 3.38. The predicted octanol–water partition coefficient (Wildman–Crippen LogP) is 1.62. The Morgan fingerprint density at radius 2 is 2.17 bits per heavy atom. The summed E-state index contributed by atoms with van der Waals surface area (Å²) in [7, 11) is 0. The van der Waals surface area contributed by atoms with Crippen molar-refractivity contribution in [2.45, 2.75) is 45.1 Å². The van der Waals surface area contributed by atoms with Crippen LogP contribution in [0.4, 0.5) is 4.79 Å². The van der Waals surface area contributed by atoms with Gasteiger partial charge < -0.3 is 11.1 Å². The summed E-state index contributed by atoms with van der Waals surface area (Å²) in [6.07, 6.45) is 6.00. The lowest BCUT2D eigenvalue weighted by atomic mass is 9.83. The SMILES string of the molecule is CCC1CCCCC1NC(N)=O. The van der Waals surface area contributed by atoms with Crippen molar-refractivity contribution >= 4 is 6.03 Å². The molecule has 1 rings (SSSR count). The maximum absolute atomic E-state index is 10.6. The first kappa shape index (κ1) is 9.36. The normalized spacial score (nSPS) is 29.8. The molecule has 12 heavy (non-hydrogen) atoms. The van der Waals surface area contributed by atoms with E-state index in [0.29, 0.717) is 12.0 Å². The van der Waals surface area contributed by atoms with Crippen LogP contribution in [-0.4, -0.2) is 12.1 Å². The fourth-order valence-electron chi connectivity index (χ4n) is 2.07. The summed E-state index contributed by atoms with van der Waals surface area (Å²) in [6, 6.07) is -0.0402. The molecular weight excluding hydrogens is 152 g/mol. The number of nitrogens with two attached hydrogens (primary N) is 1. The summed E-state index contributed by atoms with van der Waals surface area (Å²) in [5.74, 6) is 0.645. The third-order valence-corrected chi connectivity index (χ3v) is 2.76. The van der Waals surface area contributed by atoms with Gasteiger partial charge in [-0.25, -0.2) is 4.79 Å². The van der Waals surface area contributed by atoms with Gasteiger partial charge in [0.1, 0.15) is 0 Å². The zero-order chi connectivity index (χ0) is 8.97.